The van der Waals surface area contributed by atoms with Gasteiger partial charge in [0.25, 0.3) is 18.6 Å². The minimum absolute atomic E-state index is 0.260. The first-order chi connectivity index (χ1) is 11.1. The third kappa shape index (κ3) is 2.97. The molecule has 0 aliphatic carbocycles. The molecule has 1 aliphatic heterocycles. The van der Waals surface area contributed by atoms with Crippen molar-refractivity contribution in [2.24, 2.45) is 4.99 Å². The summed E-state index contributed by atoms with van der Waals surface area (Å²) in [5.74, 6) is -0.571. The molecule has 2 aromatic carbocycles. The summed E-state index contributed by atoms with van der Waals surface area (Å²) in [6.45, 7) is 0.265. The van der Waals surface area contributed by atoms with Crippen molar-refractivity contribution >= 4 is 17.3 Å². The summed E-state index contributed by atoms with van der Waals surface area (Å²) < 4.78 is 38.1. The highest BCUT2D eigenvalue weighted by atomic mass is 19.3. The highest BCUT2D eigenvalue weighted by Crippen LogP contribution is 2.31. The summed E-state index contributed by atoms with van der Waals surface area (Å²) in [7, 11) is 0. The third-order valence-corrected chi connectivity index (χ3v) is 3.54. The number of nitrogens with zero attached hydrogens (tertiary/aromatic N) is 2. The van der Waals surface area contributed by atoms with E-state index in [0.29, 0.717) is 11.3 Å². The van der Waals surface area contributed by atoms with Crippen molar-refractivity contribution in [3.63, 3.8) is 0 Å². The van der Waals surface area contributed by atoms with Crippen LogP contribution in [0.15, 0.2) is 59.6 Å². The maximum Gasteiger partial charge on any atom is 0.289 e. The van der Waals surface area contributed by atoms with Crippen LogP contribution in [0.4, 0.5) is 18.9 Å². The molecule has 3 rings (SSSR count). The molecule has 0 aromatic heterocycles. The zero-order chi connectivity index (χ0) is 16.4. The number of halogens is 3. The normalized spacial score (nSPS) is 17.0. The Morgan fingerprint density at radius 3 is 2.30 bits per heavy atom. The molecular formula is C17H13F3N2O. The van der Waals surface area contributed by atoms with Gasteiger partial charge in [-0.05, 0) is 11.6 Å². The largest absolute Gasteiger partial charge is 0.302 e. The molecule has 0 spiro atoms. The van der Waals surface area contributed by atoms with Crippen molar-refractivity contribution in [3.8, 4) is 0 Å². The number of carbonyl (C=O) groups excluding carboxylic acids is 1. The van der Waals surface area contributed by atoms with E-state index < -0.39 is 18.6 Å². The van der Waals surface area contributed by atoms with Crippen molar-refractivity contribution in [2.45, 2.75) is 19.3 Å². The third-order valence-electron chi connectivity index (χ3n) is 3.54. The molecule has 0 radical (unpaired) electrons. The zero-order valence-corrected chi connectivity index (χ0v) is 12.0. The van der Waals surface area contributed by atoms with E-state index in [4.69, 9.17) is 0 Å². The van der Waals surface area contributed by atoms with Crippen LogP contribution in [0.5, 0.6) is 0 Å². The molecular weight excluding hydrogens is 305 g/mol. The Kier molecular flexibility index (Phi) is 4.14. The Hall–Kier alpha value is -2.63. The number of alkyl halides is 3. The summed E-state index contributed by atoms with van der Waals surface area (Å²) in [6, 6.07) is 15.9. The van der Waals surface area contributed by atoms with Crippen LogP contribution in [0.25, 0.3) is 0 Å². The Labute approximate surface area is 131 Å². The van der Waals surface area contributed by atoms with Crippen LogP contribution >= 0.6 is 0 Å². The molecule has 118 valence electrons. The number of hydrogen-bond acceptors (Lipinski definition) is 2. The highest BCUT2D eigenvalue weighted by Gasteiger charge is 2.35. The first-order valence-corrected chi connectivity index (χ1v) is 7.03. The molecule has 1 unspecified atom stereocenters. The van der Waals surface area contributed by atoms with Crippen molar-refractivity contribution < 1.29 is 18.0 Å². The van der Waals surface area contributed by atoms with Crippen LogP contribution in [-0.4, -0.2) is 24.3 Å². The lowest BCUT2D eigenvalue weighted by Gasteiger charge is -2.16. The SMILES string of the molecule is O=C1C(=NC(F)C(F)F)c2ccccc2N1Cc1ccccc1. The Bertz CT molecular complexity index is 747. The Balaban J connectivity index is 1.98. The van der Waals surface area contributed by atoms with Gasteiger partial charge in [0.15, 0.2) is 0 Å². The van der Waals surface area contributed by atoms with Crippen LogP contribution in [0.2, 0.25) is 0 Å². The number of fused-ring (bicyclic) bond motifs is 1. The van der Waals surface area contributed by atoms with Gasteiger partial charge in [-0.25, -0.2) is 18.2 Å². The molecule has 3 nitrogen and oxygen atoms in total. The van der Waals surface area contributed by atoms with Gasteiger partial charge in [0.05, 0.1) is 12.2 Å². The molecule has 2 aromatic rings. The molecule has 0 fully saturated rings. The summed E-state index contributed by atoms with van der Waals surface area (Å²) in [4.78, 5) is 17.2. The van der Waals surface area contributed by atoms with E-state index in [1.807, 2.05) is 30.3 Å². The predicted molar refractivity (Wildman–Crippen MR) is 81.5 cm³/mol. The molecule has 1 amide bonds. The van der Waals surface area contributed by atoms with E-state index in [2.05, 4.69) is 4.99 Å². The molecule has 0 N–H and O–H groups in total. The minimum atomic E-state index is -3.26. The van der Waals surface area contributed by atoms with Crippen molar-refractivity contribution in [2.75, 3.05) is 4.90 Å². The lowest BCUT2D eigenvalue weighted by atomic mass is 10.1. The van der Waals surface area contributed by atoms with Gasteiger partial charge in [-0.2, -0.15) is 0 Å². The summed E-state index contributed by atoms with van der Waals surface area (Å²) in [6.07, 6.45) is -5.97. The monoisotopic (exact) mass is 318 g/mol. The Morgan fingerprint density at radius 2 is 1.61 bits per heavy atom. The molecule has 0 saturated carbocycles. The van der Waals surface area contributed by atoms with Crippen LogP contribution < -0.4 is 4.90 Å². The summed E-state index contributed by atoms with van der Waals surface area (Å²) in [5, 5.41) is 0. The van der Waals surface area contributed by atoms with Gasteiger partial charge in [-0.1, -0.05) is 48.5 Å². The average molecular weight is 318 g/mol. The van der Waals surface area contributed by atoms with E-state index in [1.165, 1.54) is 4.90 Å². The first kappa shape index (κ1) is 15.3. The number of amides is 1. The predicted octanol–water partition coefficient (Wildman–Crippen LogP) is 3.58. The van der Waals surface area contributed by atoms with Gasteiger partial charge in [0.1, 0.15) is 5.71 Å². The van der Waals surface area contributed by atoms with E-state index in [9.17, 15) is 18.0 Å². The number of para-hydroxylation sites is 1. The van der Waals surface area contributed by atoms with Gasteiger partial charge >= 0.3 is 0 Å². The van der Waals surface area contributed by atoms with Gasteiger partial charge in [0.2, 0.25) is 0 Å². The first-order valence-electron chi connectivity index (χ1n) is 7.03. The Morgan fingerprint density at radius 1 is 0.957 bits per heavy atom. The molecule has 23 heavy (non-hydrogen) atoms. The number of rotatable bonds is 4. The molecule has 0 bridgehead atoms. The van der Waals surface area contributed by atoms with Crippen molar-refractivity contribution in [1.29, 1.82) is 0 Å². The molecule has 6 heteroatoms. The van der Waals surface area contributed by atoms with E-state index >= 15 is 0 Å². The second-order valence-electron chi connectivity index (χ2n) is 5.08. The lowest BCUT2D eigenvalue weighted by Crippen LogP contribution is -2.30. The summed E-state index contributed by atoms with van der Waals surface area (Å²) in [5.41, 5.74) is 1.53. The van der Waals surface area contributed by atoms with E-state index in [-0.39, 0.29) is 12.3 Å². The zero-order valence-electron chi connectivity index (χ0n) is 12.0. The maximum absolute atomic E-state index is 13.3. The van der Waals surface area contributed by atoms with Crippen LogP contribution in [0.3, 0.4) is 0 Å². The fraction of sp³-hybridized carbons (Fsp3) is 0.176. The fourth-order valence-electron chi connectivity index (χ4n) is 2.49. The van der Waals surface area contributed by atoms with Crippen LogP contribution in [-0.2, 0) is 11.3 Å². The second-order valence-corrected chi connectivity index (χ2v) is 5.08. The topological polar surface area (TPSA) is 32.7 Å². The molecule has 1 heterocycles. The van der Waals surface area contributed by atoms with Crippen LogP contribution in [0.1, 0.15) is 11.1 Å². The number of aliphatic imine (C=N–C) groups is 1. The number of benzene rings is 2. The number of hydrogen-bond donors (Lipinski definition) is 0. The summed E-state index contributed by atoms with van der Waals surface area (Å²) >= 11 is 0. The van der Waals surface area contributed by atoms with Crippen molar-refractivity contribution in [3.05, 3.63) is 65.7 Å². The lowest BCUT2D eigenvalue weighted by molar-refractivity contribution is -0.112. The standard InChI is InChI=1S/C17H13F3N2O/c18-15(19)16(20)21-14-12-8-4-5-9-13(12)22(17(14)23)10-11-6-2-1-3-7-11/h1-9,15-16H,10H2. The molecule has 1 aliphatic rings. The van der Waals surface area contributed by atoms with Gasteiger partial charge in [-0.3, -0.25) is 4.79 Å². The number of anilines is 1. The highest BCUT2D eigenvalue weighted by molar-refractivity contribution is 6.54. The second kappa shape index (κ2) is 6.24. The quantitative estimate of drug-likeness (QED) is 0.793. The van der Waals surface area contributed by atoms with E-state index in [0.717, 1.165) is 5.56 Å². The van der Waals surface area contributed by atoms with Gasteiger partial charge in [-0.15, -0.1) is 0 Å². The maximum atomic E-state index is 13.3. The van der Waals surface area contributed by atoms with Gasteiger partial charge < -0.3 is 4.90 Å². The minimum Gasteiger partial charge on any atom is -0.302 e. The van der Waals surface area contributed by atoms with E-state index in [1.54, 1.807) is 24.3 Å². The smallest absolute Gasteiger partial charge is 0.289 e. The average Bonchev–Trinajstić information content (AvgIpc) is 2.82. The van der Waals surface area contributed by atoms with Crippen LogP contribution in [0, 0.1) is 0 Å². The van der Waals surface area contributed by atoms with Crippen molar-refractivity contribution in [1.82, 2.24) is 0 Å². The molecule has 1 atom stereocenters. The number of carbonyl (C=O) groups is 1. The fourth-order valence-corrected chi connectivity index (χ4v) is 2.49. The van der Waals surface area contributed by atoms with Gasteiger partial charge in [0, 0.05) is 5.56 Å². The molecule has 0 saturated heterocycles.